The summed E-state index contributed by atoms with van der Waals surface area (Å²) in [6.07, 6.45) is 3.85. The van der Waals surface area contributed by atoms with Crippen LogP contribution in [0.5, 0.6) is 0 Å². The minimum absolute atomic E-state index is 0.0176. The van der Waals surface area contributed by atoms with Gasteiger partial charge in [0.1, 0.15) is 4.60 Å². The lowest BCUT2D eigenvalue weighted by atomic mass is 10.2. The lowest BCUT2D eigenvalue weighted by Gasteiger charge is -2.03. The highest BCUT2D eigenvalue weighted by atomic mass is 79.9. The Bertz CT molecular complexity index is 363. The molecule has 0 bridgehead atoms. The quantitative estimate of drug-likeness (QED) is 0.856. The second-order valence-corrected chi connectivity index (χ2v) is 4.67. The van der Waals surface area contributed by atoms with Gasteiger partial charge in [-0.1, -0.05) is 13.3 Å². The molecule has 2 unspecified atom stereocenters. The minimum Gasteiger partial charge on any atom is -0.349 e. The van der Waals surface area contributed by atoms with E-state index in [0.29, 0.717) is 17.5 Å². The van der Waals surface area contributed by atoms with Crippen LogP contribution in [0, 0.1) is 5.92 Å². The maximum absolute atomic E-state index is 11.7. The number of hydrogen-bond donors (Lipinski definition) is 1. The Balaban J connectivity index is 1.94. The normalized spacial score (nSPS) is 23.6. The van der Waals surface area contributed by atoms with Crippen molar-refractivity contribution in [2.75, 3.05) is 0 Å². The summed E-state index contributed by atoms with van der Waals surface area (Å²) in [5, 5.41) is 3.00. The summed E-state index contributed by atoms with van der Waals surface area (Å²) < 4.78 is 0.747. The first-order chi connectivity index (χ1) is 7.20. The molecule has 1 aromatic heterocycles. The lowest BCUT2D eigenvalue weighted by molar-refractivity contribution is 0.0948. The molecule has 1 amide bonds. The Labute approximate surface area is 97.4 Å². The molecular formula is C11H13BrN2O. The van der Waals surface area contributed by atoms with Crippen molar-refractivity contribution in [2.45, 2.75) is 25.8 Å². The number of rotatable bonds is 3. The maximum atomic E-state index is 11.7. The highest BCUT2D eigenvalue weighted by Crippen LogP contribution is 2.33. The molecule has 4 heteroatoms. The number of pyridine rings is 1. The molecule has 0 aliphatic heterocycles. The van der Waals surface area contributed by atoms with Crippen molar-refractivity contribution in [2.24, 2.45) is 5.92 Å². The number of amides is 1. The van der Waals surface area contributed by atoms with Gasteiger partial charge in [-0.15, -0.1) is 0 Å². The van der Waals surface area contributed by atoms with Crippen LogP contribution < -0.4 is 5.32 Å². The third-order valence-electron chi connectivity index (χ3n) is 2.75. The fraction of sp³-hybridized carbons (Fsp3) is 0.455. The molecule has 0 saturated heterocycles. The Hall–Kier alpha value is -0.900. The number of carbonyl (C=O) groups excluding carboxylic acids is 1. The van der Waals surface area contributed by atoms with Crippen LogP contribution in [0.4, 0.5) is 0 Å². The first-order valence-corrected chi connectivity index (χ1v) is 5.92. The molecule has 1 aliphatic carbocycles. The van der Waals surface area contributed by atoms with Crippen molar-refractivity contribution < 1.29 is 4.79 Å². The molecule has 1 aliphatic rings. The van der Waals surface area contributed by atoms with E-state index < -0.39 is 0 Å². The fourth-order valence-electron chi connectivity index (χ4n) is 1.64. The van der Waals surface area contributed by atoms with Gasteiger partial charge in [0.05, 0.1) is 5.56 Å². The molecule has 15 heavy (non-hydrogen) atoms. The van der Waals surface area contributed by atoms with Gasteiger partial charge in [-0.05, 0) is 40.4 Å². The van der Waals surface area contributed by atoms with Crippen molar-refractivity contribution in [3.8, 4) is 0 Å². The topological polar surface area (TPSA) is 42.0 Å². The Morgan fingerprint density at radius 1 is 1.67 bits per heavy atom. The zero-order valence-corrected chi connectivity index (χ0v) is 10.1. The summed E-state index contributed by atoms with van der Waals surface area (Å²) in [5.74, 6) is 0.660. The van der Waals surface area contributed by atoms with Gasteiger partial charge in [0, 0.05) is 12.2 Å². The molecule has 1 fully saturated rings. The second-order valence-electron chi connectivity index (χ2n) is 3.85. The summed E-state index contributed by atoms with van der Waals surface area (Å²) in [7, 11) is 0. The molecular weight excluding hydrogens is 256 g/mol. The van der Waals surface area contributed by atoms with Crippen molar-refractivity contribution in [1.29, 1.82) is 0 Å². The molecule has 1 saturated carbocycles. The maximum Gasteiger partial charge on any atom is 0.253 e. The van der Waals surface area contributed by atoms with Crippen LogP contribution in [0.15, 0.2) is 22.9 Å². The number of aromatic nitrogens is 1. The van der Waals surface area contributed by atoms with Crippen LogP contribution in [0.2, 0.25) is 0 Å². The fourth-order valence-corrected chi connectivity index (χ4v) is 1.87. The Kier molecular flexibility index (Phi) is 3.05. The van der Waals surface area contributed by atoms with E-state index in [1.807, 2.05) is 0 Å². The standard InChI is InChI=1S/C11H13BrN2O/c1-2-7-5-9(7)14-11(15)8-3-4-10(12)13-6-8/h3-4,6-7,9H,2,5H2,1H3,(H,14,15). The predicted octanol–water partition coefficient (Wildman–Crippen LogP) is 2.37. The van der Waals surface area contributed by atoms with Gasteiger partial charge in [0.25, 0.3) is 5.91 Å². The van der Waals surface area contributed by atoms with E-state index >= 15 is 0 Å². The molecule has 0 radical (unpaired) electrons. The van der Waals surface area contributed by atoms with E-state index in [-0.39, 0.29) is 5.91 Å². The molecule has 2 rings (SSSR count). The average Bonchev–Trinajstić information content (AvgIpc) is 2.97. The largest absolute Gasteiger partial charge is 0.349 e. The smallest absolute Gasteiger partial charge is 0.253 e. The molecule has 0 spiro atoms. The number of halogens is 1. The monoisotopic (exact) mass is 268 g/mol. The van der Waals surface area contributed by atoms with Gasteiger partial charge in [0.2, 0.25) is 0 Å². The third-order valence-corrected chi connectivity index (χ3v) is 3.22. The number of carbonyl (C=O) groups is 1. The third kappa shape index (κ3) is 2.56. The van der Waals surface area contributed by atoms with Crippen molar-refractivity contribution in [3.05, 3.63) is 28.5 Å². The summed E-state index contributed by atoms with van der Waals surface area (Å²) in [6, 6.07) is 3.93. The van der Waals surface area contributed by atoms with Gasteiger partial charge in [0.15, 0.2) is 0 Å². The van der Waals surface area contributed by atoms with Gasteiger partial charge in [-0.3, -0.25) is 4.79 Å². The molecule has 0 aromatic carbocycles. The summed E-state index contributed by atoms with van der Waals surface area (Å²) in [6.45, 7) is 2.15. The summed E-state index contributed by atoms with van der Waals surface area (Å²) in [4.78, 5) is 15.7. The van der Waals surface area contributed by atoms with Crippen LogP contribution in [-0.2, 0) is 0 Å². The van der Waals surface area contributed by atoms with E-state index in [4.69, 9.17) is 0 Å². The van der Waals surface area contributed by atoms with E-state index in [9.17, 15) is 4.79 Å². The molecule has 3 nitrogen and oxygen atoms in total. The van der Waals surface area contributed by atoms with Gasteiger partial charge < -0.3 is 5.32 Å². The molecule has 1 N–H and O–H groups in total. The van der Waals surface area contributed by atoms with E-state index in [0.717, 1.165) is 17.4 Å². The average molecular weight is 269 g/mol. The van der Waals surface area contributed by atoms with Gasteiger partial charge in [-0.25, -0.2) is 4.98 Å². The summed E-state index contributed by atoms with van der Waals surface area (Å²) >= 11 is 3.24. The molecule has 2 atom stereocenters. The first kappa shape index (κ1) is 10.6. The highest BCUT2D eigenvalue weighted by Gasteiger charge is 2.36. The van der Waals surface area contributed by atoms with Crippen LogP contribution in [0.1, 0.15) is 30.1 Å². The molecule has 1 heterocycles. The molecule has 1 aromatic rings. The van der Waals surface area contributed by atoms with Crippen molar-refractivity contribution in [3.63, 3.8) is 0 Å². The number of hydrogen-bond acceptors (Lipinski definition) is 2. The van der Waals surface area contributed by atoms with Crippen molar-refractivity contribution >= 4 is 21.8 Å². The Morgan fingerprint density at radius 3 is 3.00 bits per heavy atom. The van der Waals surface area contributed by atoms with Gasteiger partial charge >= 0.3 is 0 Å². The Morgan fingerprint density at radius 2 is 2.47 bits per heavy atom. The van der Waals surface area contributed by atoms with E-state index in [2.05, 4.69) is 33.2 Å². The van der Waals surface area contributed by atoms with Crippen LogP contribution >= 0.6 is 15.9 Å². The SMILES string of the molecule is CCC1CC1NC(=O)c1ccc(Br)nc1. The highest BCUT2D eigenvalue weighted by molar-refractivity contribution is 9.10. The van der Waals surface area contributed by atoms with Crippen LogP contribution in [-0.4, -0.2) is 16.9 Å². The lowest BCUT2D eigenvalue weighted by Crippen LogP contribution is -2.26. The van der Waals surface area contributed by atoms with Crippen molar-refractivity contribution in [1.82, 2.24) is 10.3 Å². The van der Waals surface area contributed by atoms with E-state index in [1.165, 1.54) is 0 Å². The molecule has 80 valence electrons. The van der Waals surface area contributed by atoms with Crippen LogP contribution in [0.3, 0.4) is 0 Å². The van der Waals surface area contributed by atoms with E-state index in [1.54, 1.807) is 18.3 Å². The number of nitrogens with zero attached hydrogens (tertiary/aromatic N) is 1. The predicted molar refractivity (Wildman–Crippen MR) is 61.6 cm³/mol. The second kappa shape index (κ2) is 4.31. The zero-order valence-electron chi connectivity index (χ0n) is 8.53. The number of nitrogens with one attached hydrogen (secondary N) is 1. The van der Waals surface area contributed by atoms with Crippen LogP contribution in [0.25, 0.3) is 0 Å². The first-order valence-electron chi connectivity index (χ1n) is 5.13. The zero-order chi connectivity index (χ0) is 10.8. The summed E-state index contributed by atoms with van der Waals surface area (Å²) in [5.41, 5.74) is 0.625. The van der Waals surface area contributed by atoms with Gasteiger partial charge in [-0.2, -0.15) is 0 Å². The minimum atomic E-state index is -0.0176.